The van der Waals surface area contributed by atoms with Gasteiger partial charge in [0.1, 0.15) is 0 Å². The first-order chi connectivity index (χ1) is 13.4. The number of aliphatic hydroxyl groups excluding tert-OH is 1. The van der Waals surface area contributed by atoms with E-state index < -0.39 is 11.6 Å². The van der Waals surface area contributed by atoms with Crippen molar-refractivity contribution in [2.75, 3.05) is 6.61 Å². The highest BCUT2D eigenvalue weighted by molar-refractivity contribution is 5.79. The van der Waals surface area contributed by atoms with Crippen LogP contribution in [-0.2, 0) is 10.4 Å². The maximum atomic E-state index is 10.9. The molecule has 0 heterocycles. The van der Waals surface area contributed by atoms with Crippen molar-refractivity contribution >= 4 is 5.97 Å². The molecule has 3 aromatic rings. The van der Waals surface area contributed by atoms with Crippen LogP contribution in [0.1, 0.15) is 24.1 Å². The molecule has 0 bridgehead atoms. The van der Waals surface area contributed by atoms with Crippen LogP contribution in [0.2, 0.25) is 0 Å². The summed E-state index contributed by atoms with van der Waals surface area (Å²) in [5.41, 5.74) is 7.08. The minimum Gasteiger partial charge on any atom is -0.479 e. The number of carboxylic acid groups (broad SMARTS) is 1. The van der Waals surface area contributed by atoms with E-state index in [0.717, 1.165) is 16.7 Å². The number of aliphatic carboxylic acids is 1. The Morgan fingerprint density at radius 1 is 0.893 bits per heavy atom. The molecule has 0 aromatic heterocycles. The molecule has 146 valence electrons. The number of hydrogen-bond acceptors (Lipinski definition) is 4. The fourth-order valence-corrected chi connectivity index (χ4v) is 2.55. The van der Waals surface area contributed by atoms with E-state index in [4.69, 9.17) is 15.9 Å². The van der Waals surface area contributed by atoms with Crippen molar-refractivity contribution in [3.63, 3.8) is 0 Å². The molecule has 0 radical (unpaired) electrons. The largest absolute Gasteiger partial charge is 0.479 e. The molecule has 0 fully saturated rings. The molecule has 5 nitrogen and oxygen atoms in total. The third-order valence-electron chi connectivity index (χ3n) is 4.39. The van der Waals surface area contributed by atoms with Crippen LogP contribution in [0.25, 0.3) is 11.1 Å². The predicted octanol–water partition coefficient (Wildman–Crippen LogP) is 3.32. The molecule has 0 saturated heterocycles. The molecule has 0 saturated carbocycles. The number of carbonyl (C=O) groups is 1. The third kappa shape index (κ3) is 5.50. The first kappa shape index (κ1) is 21.3. The van der Waals surface area contributed by atoms with Gasteiger partial charge in [-0.05, 0) is 29.2 Å². The summed E-state index contributed by atoms with van der Waals surface area (Å²) < 4.78 is 0. The molecule has 3 aromatic carbocycles. The Morgan fingerprint density at radius 2 is 1.36 bits per heavy atom. The minimum absolute atomic E-state index is 0.00398. The molecule has 0 amide bonds. The lowest BCUT2D eigenvalue weighted by atomic mass is 9.94. The zero-order chi connectivity index (χ0) is 20.6. The molecular formula is C23H25NO4. The Bertz CT molecular complexity index is 862. The van der Waals surface area contributed by atoms with Crippen molar-refractivity contribution in [3.8, 4) is 11.1 Å². The molecule has 0 unspecified atom stereocenters. The van der Waals surface area contributed by atoms with Gasteiger partial charge in [0.2, 0.25) is 0 Å². The summed E-state index contributed by atoms with van der Waals surface area (Å²) in [4.78, 5) is 10.9. The molecule has 3 rings (SSSR count). The van der Waals surface area contributed by atoms with Gasteiger partial charge in [0.05, 0.1) is 12.6 Å². The highest BCUT2D eigenvalue weighted by Crippen LogP contribution is 2.25. The van der Waals surface area contributed by atoms with E-state index in [0.29, 0.717) is 5.56 Å². The normalized spacial score (nSPS) is 13.6. The van der Waals surface area contributed by atoms with Crippen molar-refractivity contribution in [3.05, 3.63) is 96.1 Å². The summed E-state index contributed by atoms with van der Waals surface area (Å²) in [6, 6.07) is 26.0. The van der Waals surface area contributed by atoms with Crippen LogP contribution >= 0.6 is 0 Å². The predicted molar refractivity (Wildman–Crippen MR) is 110 cm³/mol. The van der Waals surface area contributed by atoms with Gasteiger partial charge in [0.15, 0.2) is 5.60 Å². The molecule has 0 spiro atoms. The van der Waals surface area contributed by atoms with Gasteiger partial charge < -0.3 is 21.1 Å². The highest BCUT2D eigenvalue weighted by atomic mass is 16.4. The van der Waals surface area contributed by atoms with E-state index in [1.54, 1.807) is 12.1 Å². The van der Waals surface area contributed by atoms with Gasteiger partial charge in [0, 0.05) is 0 Å². The molecule has 5 N–H and O–H groups in total. The molecule has 0 aliphatic heterocycles. The number of carboxylic acids is 1. The van der Waals surface area contributed by atoms with Crippen LogP contribution in [0.5, 0.6) is 0 Å². The van der Waals surface area contributed by atoms with Crippen molar-refractivity contribution in [1.29, 1.82) is 0 Å². The maximum absolute atomic E-state index is 10.9. The van der Waals surface area contributed by atoms with Crippen molar-refractivity contribution in [1.82, 2.24) is 0 Å². The third-order valence-corrected chi connectivity index (χ3v) is 4.39. The summed E-state index contributed by atoms with van der Waals surface area (Å²) in [5.74, 6) is -1.25. The summed E-state index contributed by atoms with van der Waals surface area (Å²) in [7, 11) is 0. The van der Waals surface area contributed by atoms with Gasteiger partial charge in [-0.3, -0.25) is 0 Å². The monoisotopic (exact) mass is 379 g/mol. The first-order valence-corrected chi connectivity index (χ1v) is 8.89. The average molecular weight is 379 g/mol. The molecule has 5 heteroatoms. The van der Waals surface area contributed by atoms with E-state index >= 15 is 0 Å². The maximum Gasteiger partial charge on any atom is 0.340 e. The van der Waals surface area contributed by atoms with Gasteiger partial charge in [0.25, 0.3) is 0 Å². The highest BCUT2D eigenvalue weighted by Gasteiger charge is 2.31. The lowest BCUT2D eigenvalue weighted by Gasteiger charge is -2.18. The van der Waals surface area contributed by atoms with Gasteiger partial charge >= 0.3 is 5.97 Å². The summed E-state index contributed by atoms with van der Waals surface area (Å²) in [6.45, 7) is 1.27. The zero-order valence-corrected chi connectivity index (χ0v) is 15.7. The quantitative estimate of drug-likeness (QED) is 0.544. The van der Waals surface area contributed by atoms with Gasteiger partial charge in [-0.2, -0.15) is 0 Å². The Hall–Kier alpha value is -2.99. The van der Waals surface area contributed by atoms with Crippen LogP contribution < -0.4 is 5.73 Å². The second-order valence-electron chi connectivity index (χ2n) is 6.52. The second-order valence-corrected chi connectivity index (χ2v) is 6.52. The van der Waals surface area contributed by atoms with Crippen LogP contribution in [0, 0.1) is 0 Å². The van der Waals surface area contributed by atoms with Crippen LogP contribution in [0.4, 0.5) is 0 Å². The smallest absolute Gasteiger partial charge is 0.340 e. The molecule has 0 aliphatic carbocycles. The number of aliphatic hydroxyl groups is 2. The Balaban J connectivity index is 0.000000237. The Labute approximate surface area is 164 Å². The van der Waals surface area contributed by atoms with Gasteiger partial charge in [-0.25, -0.2) is 4.79 Å². The molecular weight excluding hydrogens is 354 g/mol. The van der Waals surface area contributed by atoms with E-state index in [-0.39, 0.29) is 12.6 Å². The first-order valence-electron chi connectivity index (χ1n) is 8.89. The van der Waals surface area contributed by atoms with Crippen molar-refractivity contribution in [2.45, 2.75) is 18.6 Å². The second kappa shape index (κ2) is 9.80. The molecule has 0 aliphatic rings. The van der Waals surface area contributed by atoms with Crippen LogP contribution in [0.15, 0.2) is 84.9 Å². The lowest BCUT2D eigenvalue weighted by Crippen LogP contribution is -2.31. The Kier molecular flexibility index (Phi) is 7.46. The number of nitrogens with two attached hydrogens (primary N) is 1. The topological polar surface area (TPSA) is 104 Å². The SMILES string of the molecule is C[C@@](O)(C(=O)O)c1ccc(-c2ccccc2)cc1.N[C@@H](CO)c1ccccc1. The average Bonchev–Trinajstić information content (AvgIpc) is 2.75. The zero-order valence-electron chi connectivity index (χ0n) is 15.7. The summed E-state index contributed by atoms with van der Waals surface area (Å²) in [6.07, 6.45) is 0. The van der Waals surface area contributed by atoms with Gasteiger partial charge in [-0.1, -0.05) is 84.9 Å². The minimum atomic E-state index is -1.85. The van der Waals surface area contributed by atoms with Gasteiger partial charge in [-0.15, -0.1) is 0 Å². The number of rotatable bonds is 5. The van der Waals surface area contributed by atoms with Crippen molar-refractivity contribution in [2.24, 2.45) is 5.73 Å². The number of hydrogen-bond donors (Lipinski definition) is 4. The van der Waals surface area contributed by atoms with Crippen LogP contribution in [-0.4, -0.2) is 27.9 Å². The lowest BCUT2D eigenvalue weighted by molar-refractivity contribution is -0.157. The van der Waals surface area contributed by atoms with E-state index in [2.05, 4.69) is 0 Å². The fraction of sp³-hybridized carbons (Fsp3) is 0.174. The standard InChI is InChI=1S/C15H14O3.C8H11NO/c1-15(18,14(16)17)13-9-7-12(8-10-13)11-5-3-2-4-6-11;9-8(6-10)7-4-2-1-3-5-7/h2-10,18H,1H3,(H,16,17);1-5,8,10H,6,9H2/t15-;8-/m00/s1. The summed E-state index contributed by atoms with van der Waals surface area (Å²) >= 11 is 0. The Morgan fingerprint density at radius 3 is 1.82 bits per heavy atom. The fourth-order valence-electron chi connectivity index (χ4n) is 2.55. The van der Waals surface area contributed by atoms with Crippen molar-refractivity contribution < 1.29 is 20.1 Å². The molecule has 28 heavy (non-hydrogen) atoms. The summed E-state index contributed by atoms with van der Waals surface area (Å²) in [5, 5.41) is 27.4. The molecule has 2 atom stereocenters. The van der Waals surface area contributed by atoms with E-state index in [1.165, 1.54) is 6.92 Å². The van der Waals surface area contributed by atoms with Crippen LogP contribution in [0.3, 0.4) is 0 Å². The number of benzene rings is 3. The van der Waals surface area contributed by atoms with E-state index in [1.807, 2.05) is 72.8 Å². The van der Waals surface area contributed by atoms with E-state index in [9.17, 15) is 9.90 Å².